The lowest BCUT2D eigenvalue weighted by Crippen LogP contribution is -2.10. The summed E-state index contributed by atoms with van der Waals surface area (Å²) in [5, 5.41) is 13.8. The van der Waals surface area contributed by atoms with Gasteiger partial charge in [-0.3, -0.25) is 10.1 Å². The Morgan fingerprint density at radius 2 is 2.31 bits per heavy atom. The third-order valence-electron chi connectivity index (χ3n) is 1.94. The molecule has 0 amide bonds. The van der Waals surface area contributed by atoms with E-state index in [2.05, 4.69) is 5.32 Å². The number of para-hydroxylation sites is 1. The topological polar surface area (TPSA) is 64.4 Å². The molecule has 88 valence electrons. The number of anilines is 1. The Morgan fingerprint density at radius 1 is 1.56 bits per heavy atom. The van der Waals surface area contributed by atoms with E-state index in [1.807, 2.05) is 6.92 Å². The lowest BCUT2D eigenvalue weighted by Gasteiger charge is -2.07. The molecule has 5 nitrogen and oxygen atoms in total. The van der Waals surface area contributed by atoms with Crippen LogP contribution in [0, 0.1) is 10.1 Å². The third-order valence-corrected chi connectivity index (χ3v) is 2.24. The minimum Gasteiger partial charge on any atom is -0.380 e. The van der Waals surface area contributed by atoms with Crippen molar-refractivity contribution in [2.45, 2.75) is 6.92 Å². The average Bonchev–Trinajstić information content (AvgIpc) is 2.24. The van der Waals surface area contributed by atoms with E-state index in [0.29, 0.717) is 25.4 Å². The summed E-state index contributed by atoms with van der Waals surface area (Å²) < 4.78 is 5.12. The first kappa shape index (κ1) is 12.7. The summed E-state index contributed by atoms with van der Waals surface area (Å²) in [6.07, 6.45) is 0. The van der Waals surface area contributed by atoms with Crippen LogP contribution < -0.4 is 5.32 Å². The number of nitrogens with one attached hydrogen (secondary N) is 1. The van der Waals surface area contributed by atoms with E-state index in [4.69, 9.17) is 16.3 Å². The van der Waals surface area contributed by atoms with Crippen molar-refractivity contribution < 1.29 is 9.66 Å². The molecule has 0 aliphatic carbocycles. The van der Waals surface area contributed by atoms with Crippen LogP contribution in [0.5, 0.6) is 0 Å². The van der Waals surface area contributed by atoms with Crippen LogP contribution in [0.15, 0.2) is 18.2 Å². The normalized spacial score (nSPS) is 10.1. The molecule has 0 spiro atoms. The Bertz CT molecular complexity index is 371. The molecule has 0 atom stereocenters. The van der Waals surface area contributed by atoms with Crippen molar-refractivity contribution in [1.29, 1.82) is 0 Å². The number of rotatable bonds is 6. The van der Waals surface area contributed by atoms with Crippen LogP contribution in [0.3, 0.4) is 0 Å². The Kier molecular flexibility index (Phi) is 5.01. The van der Waals surface area contributed by atoms with Crippen LogP contribution in [0.25, 0.3) is 0 Å². The quantitative estimate of drug-likeness (QED) is 0.475. The monoisotopic (exact) mass is 244 g/mol. The summed E-state index contributed by atoms with van der Waals surface area (Å²) in [6, 6.07) is 4.78. The predicted octanol–water partition coefficient (Wildman–Crippen LogP) is 2.70. The Morgan fingerprint density at radius 3 is 2.94 bits per heavy atom. The molecule has 0 fully saturated rings. The molecule has 0 radical (unpaired) electrons. The molecule has 1 N–H and O–H groups in total. The molecule has 0 bridgehead atoms. The summed E-state index contributed by atoms with van der Waals surface area (Å²) in [5.41, 5.74) is 0.317. The smallest absolute Gasteiger partial charge is 0.310 e. The minimum absolute atomic E-state index is 0.0966. The number of hydrogen-bond donors (Lipinski definition) is 1. The van der Waals surface area contributed by atoms with Crippen LogP contribution in [-0.2, 0) is 4.74 Å². The van der Waals surface area contributed by atoms with Crippen molar-refractivity contribution in [3.8, 4) is 0 Å². The number of benzene rings is 1. The van der Waals surface area contributed by atoms with Crippen molar-refractivity contribution in [3.63, 3.8) is 0 Å². The van der Waals surface area contributed by atoms with Gasteiger partial charge in [-0.25, -0.2) is 0 Å². The van der Waals surface area contributed by atoms with E-state index < -0.39 is 4.92 Å². The summed E-state index contributed by atoms with van der Waals surface area (Å²) in [4.78, 5) is 10.3. The van der Waals surface area contributed by atoms with Gasteiger partial charge in [-0.1, -0.05) is 17.7 Å². The third kappa shape index (κ3) is 3.36. The van der Waals surface area contributed by atoms with E-state index in [9.17, 15) is 10.1 Å². The molecule has 1 rings (SSSR count). The molecule has 0 aliphatic heterocycles. The highest BCUT2D eigenvalue weighted by atomic mass is 35.5. The number of nitro groups is 1. The SMILES string of the molecule is CCOCCNc1cccc(Cl)c1[N+](=O)[O-]. The van der Waals surface area contributed by atoms with E-state index in [1.54, 1.807) is 12.1 Å². The zero-order valence-corrected chi connectivity index (χ0v) is 9.66. The van der Waals surface area contributed by atoms with Gasteiger partial charge < -0.3 is 10.1 Å². The summed E-state index contributed by atoms with van der Waals surface area (Å²) in [6.45, 7) is 3.52. The van der Waals surface area contributed by atoms with Gasteiger partial charge in [0.05, 0.1) is 11.5 Å². The lowest BCUT2D eigenvalue weighted by atomic mass is 10.2. The highest BCUT2D eigenvalue weighted by Gasteiger charge is 2.17. The first-order valence-electron chi connectivity index (χ1n) is 4.91. The largest absolute Gasteiger partial charge is 0.380 e. The second-order valence-electron chi connectivity index (χ2n) is 3.02. The standard InChI is InChI=1S/C10H13ClN2O3/c1-2-16-7-6-12-9-5-3-4-8(11)10(9)13(14)15/h3-5,12H,2,6-7H2,1H3. The van der Waals surface area contributed by atoms with Gasteiger partial charge in [0.25, 0.3) is 0 Å². The highest BCUT2D eigenvalue weighted by molar-refractivity contribution is 6.33. The molecule has 0 heterocycles. The zero-order chi connectivity index (χ0) is 12.0. The highest BCUT2D eigenvalue weighted by Crippen LogP contribution is 2.31. The second-order valence-corrected chi connectivity index (χ2v) is 3.42. The molecule has 6 heteroatoms. The molecule has 0 saturated heterocycles. The Labute approximate surface area is 98.5 Å². The fourth-order valence-electron chi connectivity index (χ4n) is 1.25. The van der Waals surface area contributed by atoms with E-state index in [-0.39, 0.29) is 10.7 Å². The van der Waals surface area contributed by atoms with Gasteiger partial charge in [0, 0.05) is 13.2 Å². The molecule has 1 aromatic rings. The van der Waals surface area contributed by atoms with E-state index >= 15 is 0 Å². The maximum Gasteiger partial charge on any atom is 0.310 e. The van der Waals surface area contributed by atoms with E-state index in [0.717, 1.165) is 0 Å². The van der Waals surface area contributed by atoms with Gasteiger partial charge in [0.2, 0.25) is 0 Å². The predicted molar refractivity (Wildman–Crippen MR) is 63.1 cm³/mol. The van der Waals surface area contributed by atoms with Crippen molar-refractivity contribution in [2.75, 3.05) is 25.1 Å². The maximum absolute atomic E-state index is 10.8. The molecular weight excluding hydrogens is 232 g/mol. The van der Waals surface area contributed by atoms with Crippen LogP contribution in [0.2, 0.25) is 5.02 Å². The Balaban J connectivity index is 2.71. The van der Waals surface area contributed by atoms with Gasteiger partial charge in [0.1, 0.15) is 10.7 Å². The van der Waals surface area contributed by atoms with Crippen molar-refractivity contribution in [3.05, 3.63) is 33.3 Å². The van der Waals surface area contributed by atoms with Crippen LogP contribution >= 0.6 is 11.6 Å². The van der Waals surface area contributed by atoms with Crippen molar-refractivity contribution >= 4 is 23.0 Å². The van der Waals surface area contributed by atoms with Gasteiger partial charge in [-0.2, -0.15) is 0 Å². The van der Waals surface area contributed by atoms with Gasteiger partial charge >= 0.3 is 5.69 Å². The molecule has 0 saturated carbocycles. The fourth-order valence-corrected chi connectivity index (χ4v) is 1.49. The summed E-state index contributed by atoms with van der Waals surface area (Å²) in [5.74, 6) is 0. The van der Waals surface area contributed by atoms with Crippen LogP contribution in [0.1, 0.15) is 6.92 Å². The van der Waals surface area contributed by atoms with E-state index in [1.165, 1.54) is 6.07 Å². The van der Waals surface area contributed by atoms with Crippen LogP contribution in [-0.4, -0.2) is 24.7 Å². The second kappa shape index (κ2) is 6.30. The van der Waals surface area contributed by atoms with Gasteiger partial charge in [-0.05, 0) is 19.1 Å². The zero-order valence-electron chi connectivity index (χ0n) is 8.90. The molecule has 0 unspecified atom stereocenters. The van der Waals surface area contributed by atoms with Crippen LogP contribution in [0.4, 0.5) is 11.4 Å². The minimum atomic E-state index is -0.495. The lowest BCUT2D eigenvalue weighted by molar-refractivity contribution is -0.383. The molecule has 0 aromatic heterocycles. The molecule has 0 aliphatic rings. The fraction of sp³-hybridized carbons (Fsp3) is 0.400. The molecular formula is C10H13ClN2O3. The first-order chi connectivity index (χ1) is 7.66. The molecule has 1 aromatic carbocycles. The number of ether oxygens (including phenoxy) is 1. The van der Waals surface area contributed by atoms with Gasteiger partial charge in [-0.15, -0.1) is 0 Å². The number of hydrogen-bond acceptors (Lipinski definition) is 4. The Hall–Kier alpha value is -1.33. The summed E-state index contributed by atoms with van der Waals surface area (Å²) >= 11 is 5.75. The number of nitrogens with zero attached hydrogens (tertiary/aromatic N) is 1. The number of halogens is 1. The van der Waals surface area contributed by atoms with Crippen molar-refractivity contribution in [1.82, 2.24) is 0 Å². The van der Waals surface area contributed by atoms with Gasteiger partial charge in [0.15, 0.2) is 0 Å². The maximum atomic E-state index is 10.8. The van der Waals surface area contributed by atoms with Crippen molar-refractivity contribution in [2.24, 2.45) is 0 Å². The summed E-state index contributed by atoms with van der Waals surface area (Å²) in [7, 11) is 0. The first-order valence-corrected chi connectivity index (χ1v) is 5.29. The molecule has 16 heavy (non-hydrogen) atoms. The average molecular weight is 245 g/mol. The number of nitro benzene ring substituents is 1.